The van der Waals surface area contributed by atoms with Crippen LogP contribution in [0.25, 0.3) is 39.0 Å². The maximum atomic E-state index is 11.4. The summed E-state index contributed by atoms with van der Waals surface area (Å²) in [5.74, 6) is -0.580. The largest absolute Gasteiger partial charge is 0.366 e. The van der Waals surface area contributed by atoms with E-state index in [1.165, 1.54) is 0 Å². The lowest BCUT2D eigenvalue weighted by Crippen LogP contribution is -2.11. The molecule has 0 saturated carbocycles. The van der Waals surface area contributed by atoms with E-state index in [2.05, 4.69) is 21.9 Å². The van der Waals surface area contributed by atoms with Gasteiger partial charge < -0.3 is 5.73 Å². The van der Waals surface area contributed by atoms with Crippen molar-refractivity contribution in [1.82, 2.24) is 25.0 Å². The van der Waals surface area contributed by atoms with E-state index in [0.717, 1.165) is 22.0 Å². The van der Waals surface area contributed by atoms with Crippen LogP contribution in [0.15, 0.2) is 73.4 Å². The lowest BCUT2D eigenvalue weighted by molar-refractivity contribution is 0.100. The monoisotopic (exact) mass is 426 g/mol. The fourth-order valence-corrected chi connectivity index (χ4v) is 3.68. The van der Waals surface area contributed by atoms with Crippen LogP contribution in [0.2, 0.25) is 5.02 Å². The molecule has 5 rings (SSSR count). The van der Waals surface area contributed by atoms with Gasteiger partial charge in [-0.05, 0) is 42.5 Å². The Balaban J connectivity index is 1.58. The van der Waals surface area contributed by atoms with Crippen LogP contribution in [0.4, 0.5) is 0 Å². The second-order valence-electron chi connectivity index (χ2n) is 6.96. The molecule has 0 fully saturated rings. The molecule has 150 valence electrons. The molecular weight excluding hydrogens is 412 g/mol. The van der Waals surface area contributed by atoms with E-state index in [0.29, 0.717) is 22.6 Å². The van der Waals surface area contributed by atoms with Crippen LogP contribution >= 0.6 is 11.6 Å². The number of nitrogens with zero attached hydrogens (tertiary/aromatic N) is 5. The summed E-state index contributed by atoms with van der Waals surface area (Å²) in [5.41, 5.74) is 10.6. The molecule has 2 aromatic carbocycles. The first-order valence-corrected chi connectivity index (χ1v) is 9.76. The number of amides is 1. The number of aromatic nitrogens is 5. The molecule has 31 heavy (non-hydrogen) atoms. The summed E-state index contributed by atoms with van der Waals surface area (Å²) in [6, 6.07) is 18.4. The summed E-state index contributed by atoms with van der Waals surface area (Å²) in [7, 11) is 0. The minimum absolute atomic E-state index is 0.261. The van der Waals surface area contributed by atoms with E-state index in [1.54, 1.807) is 29.1 Å². The second-order valence-corrected chi connectivity index (χ2v) is 7.36. The summed E-state index contributed by atoms with van der Waals surface area (Å²) >= 11 is 6.20. The Labute approximate surface area is 181 Å². The Morgan fingerprint density at radius 2 is 1.87 bits per heavy atom. The first kappa shape index (κ1) is 18.9. The van der Waals surface area contributed by atoms with Crippen LogP contribution in [0, 0.1) is 0 Å². The van der Waals surface area contributed by atoms with Crippen LogP contribution in [-0.4, -0.2) is 30.9 Å². The molecule has 0 saturated heterocycles. The SMILES string of the molecule is C=C(c1ccc2ncccc2c1)n1nnc2ccc(-c3ccc(C(N)=O)c(Cl)c3)nc21. The standard InChI is InChI=1S/C23H15ClN6O/c1-13(14-5-7-19-15(11-14)3-2-10-26-19)30-23-21(28-29-30)9-8-20(27-23)16-4-6-17(22(25)31)18(24)12-16/h2-12H,1H2,(H2,25,31). The minimum atomic E-state index is -0.580. The highest BCUT2D eigenvalue weighted by atomic mass is 35.5. The average molecular weight is 427 g/mol. The molecule has 0 aliphatic rings. The molecule has 0 atom stereocenters. The van der Waals surface area contributed by atoms with E-state index in [1.807, 2.05) is 42.5 Å². The molecule has 7 nitrogen and oxygen atoms in total. The van der Waals surface area contributed by atoms with Gasteiger partial charge in [0.1, 0.15) is 5.52 Å². The zero-order valence-corrected chi connectivity index (χ0v) is 16.9. The summed E-state index contributed by atoms with van der Waals surface area (Å²) < 4.78 is 1.61. The van der Waals surface area contributed by atoms with Crippen molar-refractivity contribution in [2.75, 3.05) is 0 Å². The Bertz CT molecular complexity index is 1510. The van der Waals surface area contributed by atoms with Gasteiger partial charge in [0.2, 0.25) is 5.91 Å². The number of halogens is 1. The van der Waals surface area contributed by atoms with Gasteiger partial charge in [-0.1, -0.05) is 41.6 Å². The van der Waals surface area contributed by atoms with Gasteiger partial charge in [-0.3, -0.25) is 9.78 Å². The molecule has 1 amide bonds. The van der Waals surface area contributed by atoms with Crippen molar-refractivity contribution in [1.29, 1.82) is 0 Å². The summed E-state index contributed by atoms with van der Waals surface area (Å²) in [4.78, 5) is 20.5. The topological polar surface area (TPSA) is 99.6 Å². The molecule has 8 heteroatoms. The molecule has 3 aromatic heterocycles. The third kappa shape index (κ3) is 3.31. The van der Waals surface area contributed by atoms with Crippen LogP contribution in [0.3, 0.4) is 0 Å². The number of hydrogen-bond donors (Lipinski definition) is 1. The summed E-state index contributed by atoms with van der Waals surface area (Å²) in [6.07, 6.45) is 1.76. The van der Waals surface area contributed by atoms with E-state index in [9.17, 15) is 4.79 Å². The number of rotatable bonds is 4. The Kier molecular flexibility index (Phi) is 4.45. The Morgan fingerprint density at radius 3 is 2.68 bits per heavy atom. The number of benzene rings is 2. The maximum absolute atomic E-state index is 11.4. The number of nitrogens with two attached hydrogens (primary N) is 1. The predicted octanol–water partition coefficient (Wildman–Crippen LogP) is 4.31. The predicted molar refractivity (Wildman–Crippen MR) is 120 cm³/mol. The fraction of sp³-hybridized carbons (Fsp3) is 0. The highest BCUT2D eigenvalue weighted by molar-refractivity contribution is 6.34. The van der Waals surface area contributed by atoms with Crippen LogP contribution in [0.1, 0.15) is 15.9 Å². The molecule has 0 unspecified atom stereocenters. The second kappa shape index (κ2) is 7.30. The Morgan fingerprint density at radius 1 is 1.03 bits per heavy atom. The minimum Gasteiger partial charge on any atom is -0.366 e. The van der Waals surface area contributed by atoms with Gasteiger partial charge in [0.15, 0.2) is 5.65 Å². The number of primary amides is 1. The van der Waals surface area contributed by atoms with Crippen molar-refractivity contribution in [3.8, 4) is 11.3 Å². The third-order valence-electron chi connectivity index (χ3n) is 5.02. The molecule has 0 aliphatic carbocycles. The summed E-state index contributed by atoms with van der Waals surface area (Å²) in [6.45, 7) is 4.20. The van der Waals surface area contributed by atoms with Gasteiger partial charge >= 0.3 is 0 Å². The molecule has 3 heterocycles. The molecule has 0 radical (unpaired) electrons. The third-order valence-corrected chi connectivity index (χ3v) is 5.33. The lowest BCUT2D eigenvalue weighted by atomic mass is 10.1. The number of fused-ring (bicyclic) bond motifs is 2. The molecule has 5 aromatic rings. The van der Waals surface area contributed by atoms with Crippen molar-refractivity contribution in [3.05, 3.63) is 89.6 Å². The van der Waals surface area contributed by atoms with Crippen LogP contribution in [-0.2, 0) is 0 Å². The zero-order chi connectivity index (χ0) is 21.5. The molecule has 0 bridgehead atoms. The van der Waals surface area contributed by atoms with Crippen LogP contribution in [0.5, 0.6) is 0 Å². The quantitative estimate of drug-likeness (QED) is 0.461. The van der Waals surface area contributed by atoms with Crippen LogP contribution < -0.4 is 5.73 Å². The first-order valence-electron chi connectivity index (χ1n) is 9.38. The van der Waals surface area contributed by atoms with E-state index in [4.69, 9.17) is 22.3 Å². The number of pyridine rings is 2. The van der Waals surface area contributed by atoms with Gasteiger partial charge in [-0.15, -0.1) is 5.10 Å². The van der Waals surface area contributed by atoms with Crippen molar-refractivity contribution in [3.63, 3.8) is 0 Å². The van der Waals surface area contributed by atoms with Crippen molar-refractivity contribution >= 4 is 45.3 Å². The maximum Gasteiger partial charge on any atom is 0.250 e. The number of hydrogen-bond acceptors (Lipinski definition) is 5. The molecule has 0 spiro atoms. The summed E-state index contributed by atoms with van der Waals surface area (Å²) in [5, 5.41) is 9.72. The highest BCUT2D eigenvalue weighted by Gasteiger charge is 2.14. The smallest absolute Gasteiger partial charge is 0.250 e. The van der Waals surface area contributed by atoms with E-state index >= 15 is 0 Å². The molecular formula is C23H15ClN6O. The van der Waals surface area contributed by atoms with Gasteiger partial charge in [0, 0.05) is 22.7 Å². The lowest BCUT2D eigenvalue weighted by Gasteiger charge is -2.08. The normalized spacial score (nSPS) is 11.1. The van der Waals surface area contributed by atoms with Crippen molar-refractivity contribution < 1.29 is 4.79 Å². The molecule has 0 aliphatic heterocycles. The number of carbonyl (C=O) groups excluding carboxylic acids is 1. The number of carbonyl (C=O) groups is 1. The van der Waals surface area contributed by atoms with Crippen molar-refractivity contribution in [2.45, 2.75) is 0 Å². The zero-order valence-electron chi connectivity index (χ0n) is 16.2. The van der Waals surface area contributed by atoms with Crippen molar-refractivity contribution in [2.24, 2.45) is 5.73 Å². The fourth-order valence-electron chi connectivity index (χ4n) is 3.40. The first-order chi connectivity index (χ1) is 15.0. The van der Waals surface area contributed by atoms with E-state index in [-0.39, 0.29) is 10.6 Å². The Hall–Kier alpha value is -4.10. The van der Waals surface area contributed by atoms with Gasteiger partial charge in [-0.25, -0.2) is 4.98 Å². The van der Waals surface area contributed by atoms with Gasteiger partial charge in [0.05, 0.1) is 27.5 Å². The van der Waals surface area contributed by atoms with Gasteiger partial charge in [0.25, 0.3) is 0 Å². The van der Waals surface area contributed by atoms with Gasteiger partial charge in [-0.2, -0.15) is 4.68 Å². The average Bonchev–Trinajstić information content (AvgIpc) is 3.21. The molecule has 2 N–H and O–H groups in total. The highest BCUT2D eigenvalue weighted by Crippen LogP contribution is 2.27. The van der Waals surface area contributed by atoms with E-state index < -0.39 is 5.91 Å².